The first kappa shape index (κ1) is 25.7. The van der Waals surface area contributed by atoms with Crippen molar-refractivity contribution in [1.82, 2.24) is 14.8 Å². The second-order valence-corrected chi connectivity index (χ2v) is 11.9. The zero-order valence-corrected chi connectivity index (χ0v) is 22.2. The van der Waals surface area contributed by atoms with E-state index < -0.39 is 10.0 Å². The number of benzene rings is 1. The standard InChI is InChI=1S/C26H39N5O3S/c1-5-23-18-30(26-25(32)15-22(16-27-26)28-35(4,33)34)12-13-31(23)24-8-10-29(11-9-24)17-21-7-6-19(2)14-20(21)3/h6-7,14-16,23-24,28,32H,5,8-13,17-18H2,1-4H3/t23-/m0/s1. The number of aromatic hydroxyl groups is 1. The summed E-state index contributed by atoms with van der Waals surface area (Å²) in [6.07, 6.45) is 5.94. The van der Waals surface area contributed by atoms with Crippen molar-refractivity contribution < 1.29 is 13.5 Å². The molecule has 0 bridgehead atoms. The minimum absolute atomic E-state index is 0.00154. The van der Waals surface area contributed by atoms with E-state index in [9.17, 15) is 13.5 Å². The van der Waals surface area contributed by atoms with Crippen molar-refractivity contribution in [2.75, 3.05) is 48.6 Å². The summed E-state index contributed by atoms with van der Waals surface area (Å²) in [6.45, 7) is 12.4. The van der Waals surface area contributed by atoms with E-state index in [1.807, 2.05) is 0 Å². The third kappa shape index (κ3) is 6.45. The minimum Gasteiger partial charge on any atom is -0.504 e. The number of aryl methyl sites for hydroxylation is 2. The second-order valence-electron chi connectivity index (χ2n) is 10.1. The number of nitrogens with zero attached hydrogens (tertiary/aromatic N) is 4. The third-order valence-electron chi connectivity index (χ3n) is 7.37. The van der Waals surface area contributed by atoms with Gasteiger partial charge in [0.15, 0.2) is 11.6 Å². The molecule has 0 unspecified atom stereocenters. The van der Waals surface area contributed by atoms with Crippen molar-refractivity contribution in [3.8, 4) is 5.75 Å². The number of hydrogen-bond acceptors (Lipinski definition) is 7. The molecule has 3 heterocycles. The highest BCUT2D eigenvalue weighted by Gasteiger charge is 2.34. The molecule has 1 aromatic carbocycles. The van der Waals surface area contributed by atoms with Crippen molar-refractivity contribution in [2.45, 2.75) is 58.7 Å². The fraction of sp³-hybridized carbons (Fsp3) is 0.577. The Morgan fingerprint density at radius 2 is 1.86 bits per heavy atom. The maximum atomic E-state index is 11.5. The molecule has 0 radical (unpaired) electrons. The largest absolute Gasteiger partial charge is 0.504 e. The van der Waals surface area contributed by atoms with Crippen LogP contribution in [0.4, 0.5) is 11.5 Å². The van der Waals surface area contributed by atoms with Gasteiger partial charge in [-0.1, -0.05) is 30.7 Å². The molecule has 1 aromatic heterocycles. The van der Waals surface area contributed by atoms with Crippen LogP contribution in [0.2, 0.25) is 0 Å². The fourth-order valence-electron chi connectivity index (χ4n) is 5.54. The molecule has 0 saturated carbocycles. The SMILES string of the molecule is CC[C@H]1CN(c2ncc(NS(C)(=O)=O)cc2O)CCN1C1CCN(Cc2ccc(C)cc2C)CC1. The molecule has 9 heteroatoms. The van der Waals surface area contributed by atoms with Crippen LogP contribution in [0.1, 0.15) is 42.9 Å². The highest BCUT2D eigenvalue weighted by Crippen LogP contribution is 2.31. The van der Waals surface area contributed by atoms with Crippen LogP contribution in [-0.4, -0.2) is 79.4 Å². The summed E-state index contributed by atoms with van der Waals surface area (Å²) in [5, 5.41) is 10.5. The van der Waals surface area contributed by atoms with Crippen molar-refractivity contribution in [1.29, 1.82) is 0 Å². The summed E-state index contributed by atoms with van der Waals surface area (Å²) in [7, 11) is -3.41. The number of rotatable bonds is 7. The minimum atomic E-state index is -3.41. The highest BCUT2D eigenvalue weighted by atomic mass is 32.2. The third-order valence-corrected chi connectivity index (χ3v) is 7.97. The van der Waals surface area contributed by atoms with E-state index in [4.69, 9.17) is 0 Å². The molecule has 2 aliphatic heterocycles. The smallest absolute Gasteiger partial charge is 0.229 e. The summed E-state index contributed by atoms with van der Waals surface area (Å²) in [5.74, 6) is 0.520. The van der Waals surface area contributed by atoms with Crippen molar-refractivity contribution in [3.63, 3.8) is 0 Å². The van der Waals surface area contributed by atoms with Gasteiger partial charge in [-0.3, -0.25) is 14.5 Å². The molecule has 0 spiro atoms. The number of aromatic nitrogens is 1. The van der Waals surface area contributed by atoms with Gasteiger partial charge in [0, 0.05) is 44.3 Å². The summed E-state index contributed by atoms with van der Waals surface area (Å²) in [5.41, 5.74) is 4.40. The van der Waals surface area contributed by atoms with E-state index in [1.54, 1.807) is 0 Å². The van der Waals surface area contributed by atoms with Gasteiger partial charge in [-0.05, 0) is 57.3 Å². The van der Waals surface area contributed by atoms with Crippen LogP contribution in [0.5, 0.6) is 5.75 Å². The van der Waals surface area contributed by atoms with Crippen molar-refractivity contribution in [2.24, 2.45) is 0 Å². The molecule has 2 N–H and O–H groups in total. The van der Waals surface area contributed by atoms with Gasteiger partial charge in [0.05, 0.1) is 18.1 Å². The Morgan fingerprint density at radius 3 is 2.49 bits per heavy atom. The van der Waals surface area contributed by atoms with E-state index >= 15 is 0 Å². The van der Waals surface area contributed by atoms with E-state index in [0.29, 0.717) is 17.9 Å². The van der Waals surface area contributed by atoms with Crippen LogP contribution in [0, 0.1) is 13.8 Å². The number of piperazine rings is 1. The Bertz CT molecular complexity index is 1130. The van der Waals surface area contributed by atoms with Crippen LogP contribution in [0.3, 0.4) is 0 Å². The molecule has 8 nitrogen and oxygen atoms in total. The zero-order chi connectivity index (χ0) is 25.2. The second kappa shape index (κ2) is 10.7. The number of nitrogens with one attached hydrogen (secondary N) is 1. The topological polar surface area (TPSA) is 89.0 Å². The van der Waals surface area contributed by atoms with Gasteiger partial charge in [-0.15, -0.1) is 0 Å². The fourth-order valence-corrected chi connectivity index (χ4v) is 6.08. The maximum absolute atomic E-state index is 11.5. The van der Waals surface area contributed by atoms with Crippen LogP contribution < -0.4 is 9.62 Å². The molecule has 35 heavy (non-hydrogen) atoms. The van der Waals surface area contributed by atoms with Crippen molar-refractivity contribution >= 4 is 21.5 Å². The lowest BCUT2D eigenvalue weighted by Gasteiger charge is -2.47. The Hall–Kier alpha value is -2.36. The molecule has 1 atom stereocenters. The average molecular weight is 502 g/mol. The number of anilines is 2. The first-order valence-corrected chi connectivity index (χ1v) is 14.5. The van der Waals surface area contributed by atoms with Crippen LogP contribution >= 0.6 is 0 Å². The summed E-state index contributed by atoms with van der Waals surface area (Å²) in [6, 6.07) is 9.17. The van der Waals surface area contributed by atoms with E-state index in [0.717, 1.165) is 51.9 Å². The number of likely N-dealkylation sites (tertiary alicyclic amines) is 1. The average Bonchev–Trinajstić information content (AvgIpc) is 2.80. The van der Waals surface area contributed by atoms with E-state index in [-0.39, 0.29) is 11.4 Å². The van der Waals surface area contributed by atoms with Crippen LogP contribution in [0.15, 0.2) is 30.5 Å². The molecule has 192 valence electrons. The van der Waals surface area contributed by atoms with E-state index in [2.05, 4.69) is 63.4 Å². The number of sulfonamides is 1. The Morgan fingerprint density at radius 1 is 1.11 bits per heavy atom. The maximum Gasteiger partial charge on any atom is 0.229 e. The number of pyridine rings is 1. The van der Waals surface area contributed by atoms with Gasteiger partial charge in [0.1, 0.15) is 0 Å². The first-order valence-electron chi connectivity index (χ1n) is 12.6. The van der Waals surface area contributed by atoms with Gasteiger partial charge in [-0.2, -0.15) is 0 Å². The normalized spacial score (nSPS) is 20.8. The Kier molecular flexibility index (Phi) is 7.88. The molecular formula is C26H39N5O3S. The van der Waals surface area contributed by atoms with Gasteiger partial charge >= 0.3 is 0 Å². The lowest BCUT2D eigenvalue weighted by molar-refractivity contribution is 0.0609. The van der Waals surface area contributed by atoms with Gasteiger partial charge in [-0.25, -0.2) is 13.4 Å². The Balaban J connectivity index is 1.34. The summed E-state index contributed by atoms with van der Waals surface area (Å²) < 4.78 is 25.3. The predicted octanol–water partition coefficient (Wildman–Crippen LogP) is 3.34. The zero-order valence-electron chi connectivity index (χ0n) is 21.4. The van der Waals surface area contributed by atoms with Crippen LogP contribution in [-0.2, 0) is 16.6 Å². The van der Waals surface area contributed by atoms with Crippen molar-refractivity contribution in [3.05, 3.63) is 47.2 Å². The summed E-state index contributed by atoms with van der Waals surface area (Å²) >= 11 is 0. The molecular weight excluding hydrogens is 462 g/mol. The lowest BCUT2D eigenvalue weighted by atomic mass is 9.97. The molecule has 2 aromatic rings. The van der Waals surface area contributed by atoms with Gasteiger partial charge in [0.2, 0.25) is 10.0 Å². The quantitative estimate of drug-likeness (QED) is 0.602. The van der Waals surface area contributed by atoms with Gasteiger partial charge < -0.3 is 10.0 Å². The molecule has 0 aliphatic carbocycles. The van der Waals surface area contributed by atoms with E-state index in [1.165, 1.54) is 41.8 Å². The predicted molar refractivity (Wildman–Crippen MR) is 142 cm³/mol. The monoisotopic (exact) mass is 501 g/mol. The number of hydrogen-bond donors (Lipinski definition) is 2. The molecule has 4 rings (SSSR count). The lowest BCUT2D eigenvalue weighted by Crippen LogP contribution is -2.58. The molecule has 2 aliphatic rings. The van der Waals surface area contributed by atoms with Gasteiger partial charge in [0.25, 0.3) is 0 Å². The van der Waals surface area contributed by atoms with Crippen LogP contribution in [0.25, 0.3) is 0 Å². The Labute approximate surface area is 210 Å². The first-order chi connectivity index (χ1) is 16.6. The summed E-state index contributed by atoms with van der Waals surface area (Å²) in [4.78, 5) is 11.8. The number of piperidine rings is 1. The molecule has 0 amide bonds. The molecule has 2 saturated heterocycles. The highest BCUT2D eigenvalue weighted by molar-refractivity contribution is 7.92. The molecule has 2 fully saturated rings.